The van der Waals surface area contributed by atoms with Crippen LogP contribution in [-0.4, -0.2) is 24.1 Å². The van der Waals surface area contributed by atoms with E-state index in [0.29, 0.717) is 0 Å². The van der Waals surface area contributed by atoms with Crippen LogP contribution < -0.4 is 9.47 Å². The molecule has 0 heterocycles. The predicted octanol–water partition coefficient (Wildman–Crippen LogP) is 1.52. The van der Waals surface area contributed by atoms with Gasteiger partial charge in [-0.2, -0.15) is 0 Å². The molecule has 0 aliphatic rings. The van der Waals surface area contributed by atoms with Gasteiger partial charge in [0.1, 0.15) is 0 Å². The van der Waals surface area contributed by atoms with Gasteiger partial charge < -0.3 is 9.47 Å². The third-order valence-electron chi connectivity index (χ3n) is 1.88. The molecule has 0 aliphatic carbocycles. The molecule has 0 spiro atoms. The van der Waals surface area contributed by atoms with Crippen molar-refractivity contribution in [1.82, 2.24) is 0 Å². The Morgan fingerprint density at radius 1 is 1.06 bits per heavy atom. The normalized spacial score (nSPS) is 9.62. The van der Waals surface area contributed by atoms with Gasteiger partial charge in [-0.1, -0.05) is 0 Å². The summed E-state index contributed by atoms with van der Waals surface area (Å²) in [6.07, 6.45) is 0. The first-order valence-corrected chi connectivity index (χ1v) is 4.06. The fourth-order valence-corrected chi connectivity index (χ4v) is 1.23. The van der Waals surface area contributed by atoms with E-state index in [9.17, 15) is 20.2 Å². The fourth-order valence-electron chi connectivity index (χ4n) is 1.23. The van der Waals surface area contributed by atoms with Crippen LogP contribution in [0, 0.1) is 20.2 Å². The first-order valence-electron chi connectivity index (χ1n) is 4.06. The number of nitrogens with zero attached hydrogens (tertiary/aromatic N) is 2. The van der Waals surface area contributed by atoms with Crippen molar-refractivity contribution in [2.45, 2.75) is 0 Å². The molecule has 0 saturated carbocycles. The molecular formula is C8H8N2O6. The molecule has 0 unspecified atom stereocenters. The van der Waals surface area contributed by atoms with E-state index >= 15 is 0 Å². The summed E-state index contributed by atoms with van der Waals surface area (Å²) < 4.78 is 9.42. The third-order valence-corrected chi connectivity index (χ3v) is 1.88. The summed E-state index contributed by atoms with van der Waals surface area (Å²) in [5.74, 6) is -0.512. The molecule has 8 nitrogen and oxygen atoms in total. The number of methoxy groups -OCH3 is 2. The average molecular weight is 228 g/mol. The topological polar surface area (TPSA) is 105 Å². The van der Waals surface area contributed by atoms with Gasteiger partial charge in [0.05, 0.1) is 24.1 Å². The van der Waals surface area contributed by atoms with Gasteiger partial charge >= 0.3 is 11.4 Å². The van der Waals surface area contributed by atoms with Crippen molar-refractivity contribution in [3.63, 3.8) is 0 Å². The SMILES string of the molecule is COc1ccc([N+](=O)[O-])c(OC)c1[N+](=O)[O-]. The molecule has 1 rings (SSSR count). The summed E-state index contributed by atoms with van der Waals surface area (Å²) in [6.45, 7) is 0. The molecule has 16 heavy (non-hydrogen) atoms. The Labute approximate surface area is 89.7 Å². The van der Waals surface area contributed by atoms with Crippen molar-refractivity contribution in [1.29, 1.82) is 0 Å². The van der Waals surface area contributed by atoms with Crippen LogP contribution in [0.2, 0.25) is 0 Å². The molecule has 0 fully saturated rings. The van der Waals surface area contributed by atoms with Crippen LogP contribution in [0.5, 0.6) is 11.5 Å². The number of hydrogen-bond donors (Lipinski definition) is 0. The van der Waals surface area contributed by atoms with E-state index in [4.69, 9.17) is 4.74 Å². The fraction of sp³-hybridized carbons (Fsp3) is 0.250. The van der Waals surface area contributed by atoms with Gasteiger partial charge in [-0.05, 0) is 6.07 Å². The third kappa shape index (κ3) is 1.85. The summed E-state index contributed by atoms with van der Waals surface area (Å²) in [5, 5.41) is 21.4. The molecule has 0 bridgehead atoms. The van der Waals surface area contributed by atoms with Gasteiger partial charge in [0.2, 0.25) is 5.75 Å². The van der Waals surface area contributed by atoms with Crippen LogP contribution in [0.15, 0.2) is 12.1 Å². The predicted molar refractivity (Wildman–Crippen MR) is 52.9 cm³/mol. The molecule has 1 aromatic rings. The molecule has 0 N–H and O–H groups in total. The van der Waals surface area contributed by atoms with Crippen LogP contribution >= 0.6 is 0 Å². The van der Waals surface area contributed by atoms with E-state index in [1.165, 1.54) is 7.11 Å². The number of rotatable bonds is 4. The smallest absolute Gasteiger partial charge is 0.359 e. The highest BCUT2D eigenvalue weighted by Crippen LogP contribution is 2.42. The maximum Gasteiger partial charge on any atom is 0.359 e. The Kier molecular flexibility index (Phi) is 3.24. The molecule has 0 aliphatic heterocycles. The van der Waals surface area contributed by atoms with Crippen LogP contribution in [0.3, 0.4) is 0 Å². The molecule has 0 radical (unpaired) electrons. The minimum absolute atomic E-state index is 0.0903. The lowest BCUT2D eigenvalue weighted by molar-refractivity contribution is -0.396. The molecule has 0 aromatic heterocycles. The molecule has 86 valence electrons. The largest absolute Gasteiger partial charge is 0.490 e. The van der Waals surface area contributed by atoms with Crippen LogP contribution in [0.1, 0.15) is 0 Å². The standard InChI is InChI=1S/C8H8N2O6/c1-15-6-4-3-5(9(11)12)8(16-2)7(6)10(13)14/h3-4H,1-2H3. The summed E-state index contributed by atoms with van der Waals surface area (Å²) in [5.41, 5.74) is -1.03. The Morgan fingerprint density at radius 3 is 2.06 bits per heavy atom. The number of nitro benzene ring substituents is 2. The van der Waals surface area contributed by atoms with Crippen molar-refractivity contribution in [2.24, 2.45) is 0 Å². The van der Waals surface area contributed by atoms with Crippen molar-refractivity contribution in [3.05, 3.63) is 32.4 Å². The van der Waals surface area contributed by atoms with E-state index in [1.807, 2.05) is 0 Å². The van der Waals surface area contributed by atoms with E-state index in [-0.39, 0.29) is 5.75 Å². The summed E-state index contributed by atoms with van der Waals surface area (Å²) in [7, 11) is 2.35. The first-order chi connectivity index (χ1) is 7.52. The zero-order valence-electron chi connectivity index (χ0n) is 8.50. The molecule has 8 heteroatoms. The monoisotopic (exact) mass is 228 g/mol. The van der Waals surface area contributed by atoms with Crippen molar-refractivity contribution in [2.75, 3.05) is 14.2 Å². The van der Waals surface area contributed by atoms with Crippen LogP contribution in [0.25, 0.3) is 0 Å². The lowest BCUT2D eigenvalue weighted by Crippen LogP contribution is -2.01. The lowest BCUT2D eigenvalue weighted by atomic mass is 10.2. The number of nitro groups is 2. The number of ether oxygens (including phenoxy) is 2. The molecule has 0 amide bonds. The highest BCUT2D eigenvalue weighted by Gasteiger charge is 2.30. The summed E-state index contributed by atoms with van der Waals surface area (Å²) in [4.78, 5) is 19.8. The number of benzene rings is 1. The van der Waals surface area contributed by atoms with E-state index in [0.717, 1.165) is 19.2 Å². The molecule has 0 atom stereocenters. The molecular weight excluding hydrogens is 220 g/mol. The highest BCUT2D eigenvalue weighted by molar-refractivity contribution is 5.66. The maximum atomic E-state index is 10.8. The van der Waals surface area contributed by atoms with Crippen LogP contribution in [0.4, 0.5) is 11.4 Å². The Morgan fingerprint density at radius 2 is 1.69 bits per heavy atom. The Hall–Kier alpha value is -2.38. The van der Waals surface area contributed by atoms with Gasteiger partial charge in [0.15, 0.2) is 0 Å². The van der Waals surface area contributed by atoms with Gasteiger partial charge in [0.25, 0.3) is 5.75 Å². The van der Waals surface area contributed by atoms with Gasteiger partial charge in [-0.15, -0.1) is 0 Å². The number of hydrogen-bond acceptors (Lipinski definition) is 6. The van der Waals surface area contributed by atoms with Crippen molar-refractivity contribution in [3.8, 4) is 11.5 Å². The zero-order valence-corrected chi connectivity index (χ0v) is 8.50. The zero-order chi connectivity index (χ0) is 12.3. The van der Waals surface area contributed by atoms with Gasteiger partial charge in [-0.3, -0.25) is 20.2 Å². The second-order valence-corrected chi connectivity index (χ2v) is 2.68. The second kappa shape index (κ2) is 4.43. The van der Waals surface area contributed by atoms with Gasteiger partial charge in [-0.25, -0.2) is 0 Å². The van der Waals surface area contributed by atoms with Gasteiger partial charge in [0, 0.05) is 6.07 Å². The first kappa shape index (κ1) is 11.7. The average Bonchev–Trinajstić information content (AvgIpc) is 2.26. The summed E-state index contributed by atoms with van der Waals surface area (Å²) >= 11 is 0. The molecule has 0 saturated heterocycles. The van der Waals surface area contributed by atoms with E-state index in [2.05, 4.69) is 4.74 Å². The van der Waals surface area contributed by atoms with E-state index in [1.54, 1.807) is 0 Å². The Bertz CT molecular complexity index is 444. The highest BCUT2D eigenvalue weighted by atomic mass is 16.6. The van der Waals surface area contributed by atoms with Crippen molar-refractivity contribution < 1.29 is 19.3 Å². The van der Waals surface area contributed by atoms with Crippen molar-refractivity contribution >= 4 is 11.4 Å². The van der Waals surface area contributed by atoms with E-state index < -0.39 is 27.0 Å². The Balaban J connectivity index is 3.56. The minimum atomic E-state index is -0.787. The maximum absolute atomic E-state index is 10.8. The second-order valence-electron chi connectivity index (χ2n) is 2.68. The van der Waals surface area contributed by atoms with Crippen LogP contribution in [-0.2, 0) is 0 Å². The lowest BCUT2D eigenvalue weighted by Gasteiger charge is -2.06. The minimum Gasteiger partial charge on any atom is -0.490 e. The summed E-state index contributed by atoms with van der Waals surface area (Å²) in [6, 6.07) is 2.24. The quantitative estimate of drug-likeness (QED) is 0.571. The molecule has 1 aromatic carbocycles.